The van der Waals surface area contributed by atoms with Crippen molar-refractivity contribution in [2.75, 3.05) is 38.2 Å². The van der Waals surface area contributed by atoms with Gasteiger partial charge in [0, 0.05) is 37.8 Å². The summed E-state index contributed by atoms with van der Waals surface area (Å²) in [7, 11) is 0. The van der Waals surface area contributed by atoms with Crippen LogP contribution in [-0.2, 0) is 16.1 Å². The predicted molar refractivity (Wildman–Crippen MR) is 124 cm³/mol. The maximum absolute atomic E-state index is 12.3. The van der Waals surface area contributed by atoms with Gasteiger partial charge in [0.05, 0.1) is 19.8 Å². The molecule has 2 rings (SSSR count). The van der Waals surface area contributed by atoms with Gasteiger partial charge in [-0.25, -0.2) is 4.99 Å². The number of morpholine rings is 1. The van der Waals surface area contributed by atoms with Gasteiger partial charge in [0.15, 0.2) is 5.96 Å². The first-order valence-electron chi connectivity index (χ1n) is 11.2. The van der Waals surface area contributed by atoms with Gasteiger partial charge >= 0.3 is 0 Å². The van der Waals surface area contributed by atoms with Crippen molar-refractivity contribution in [2.45, 2.75) is 59.0 Å². The third kappa shape index (κ3) is 10.1. The van der Waals surface area contributed by atoms with Gasteiger partial charge in [0.2, 0.25) is 5.91 Å². The maximum atomic E-state index is 12.3. The fraction of sp³-hybridized carbons (Fsp3) is 0.652. The lowest BCUT2D eigenvalue weighted by molar-refractivity contribution is -0.116. The van der Waals surface area contributed by atoms with Crippen molar-refractivity contribution < 1.29 is 9.53 Å². The highest BCUT2D eigenvalue weighted by molar-refractivity contribution is 5.90. The molecule has 1 aliphatic rings. The topological polar surface area (TPSA) is 92.0 Å². The zero-order valence-corrected chi connectivity index (χ0v) is 18.8. The van der Waals surface area contributed by atoms with E-state index in [-0.39, 0.29) is 5.91 Å². The Kier molecular flexibility index (Phi) is 10.7. The molecule has 1 unspecified atom stereocenters. The number of nitrogens with one attached hydrogen (secondary N) is 2. The summed E-state index contributed by atoms with van der Waals surface area (Å²) in [5, 5.41) is 6.24. The molecule has 0 aromatic heterocycles. The molecule has 1 saturated heterocycles. The van der Waals surface area contributed by atoms with E-state index in [9.17, 15) is 4.79 Å². The standard InChI is InChI=1S/C23H39N5O2/c1-18(2)6-4-7-19(3)26-23(24)25-17-20-8-5-9-21(16-20)27-22(29)10-11-28-12-14-30-15-13-28/h5,8-9,16,18-19H,4,6-7,10-15,17H2,1-3H3,(H,27,29)(H3,24,25,26). The fourth-order valence-electron chi connectivity index (χ4n) is 3.43. The van der Waals surface area contributed by atoms with Crippen molar-refractivity contribution in [2.24, 2.45) is 16.6 Å². The van der Waals surface area contributed by atoms with Crippen LogP contribution in [0.3, 0.4) is 0 Å². The third-order valence-electron chi connectivity index (χ3n) is 5.21. The Bertz CT molecular complexity index is 671. The molecule has 1 amide bonds. The second kappa shape index (κ2) is 13.2. The summed E-state index contributed by atoms with van der Waals surface area (Å²) >= 11 is 0. The number of guanidine groups is 1. The van der Waals surface area contributed by atoms with Crippen LogP contribution >= 0.6 is 0 Å². The highest BCUT2D eigenvalue weighted by Crippen LogP contribution is 2.12. The van der Waals surface area contributed by atoms with Gasteiger partial charge in [-0.15, -0.1) is 0 Å². The molecule has 168 valence electrons. The summed E-state index contributed by atoms with van der Waals surface area (Å²) in [6, 6.07) is 8.09. The maximum Gasteiger partial charge on any atom is 0.225 e. The average molecular weight is 418 g/mol. The Balaban J connectivity index is 1.74. The highest BCUT2D eigenvalue weighted by atomic mass is 16.5. The number of rotatable bonds is 11. The normalized spacial score (nSPS) is 16.5. The summed E-state index contributed by atoms with van der Waals surface area (Å²) in [5.74, 6) is 1.22. The summed E-state index contributed by atoms with van der Waals surface area (Å²) < 4.78 is 5.34. The molecule has 1 atom stereocenters. The first-order chi connectivity index (χ1) is 14.4. The molecule has 30 heavy (non-hydrogen) atoms. The molecule has 1 aromatic carbocycles. The molecule has 4 N–H and O–H groups in total. The van der Waals surface area contributed by atoms with Crippen molar-refractivity contribution in [3.63, 3.8) is 0 Å². The summed E-state index contributed by atoms with van der Waals surface area (Å²) in [6.45, 7) is 11.2. The van der Waals surface area contributed by atoms with E-state index in [0.717, 1.165) is 56.4 Å². The lowest BCUT2D eigenvalue weighted by atomic mass is 10.0. The van der Waals surface area contributed by atoms with Crippen LogP contribution in [-0.4, -0.2) is 55.7 Å². The van der Waals surface area contributed by atoms with Crippen LogP contribution in [0.5, 0.6) is 0 Å². The summed E-state index contributed by atoms with van der Waals surface area (Å²) in [4.78, 5) is 19.0. The quantitative estimate of drug-likeness (QED) is 0.380. The van der Waals surface area contributed by atoms with Crippen LogP contribution < -0.4 is 16.4 Å². The van der Waals surface area contributed by atoms with Gasteiger partial charge in [0.25, 0.3) is 0 Å². The summed E-state index contributed by atoms with van der Waals surface area (Å²) in [6.07, 6.45) is 3.98. The van der Waals surface area contributed by atoms with Crippen LogP contribution in [0, 0.1) is 5.92 Å². The minimum Gasteiger partial charge on any atom is -0.379 e. The number of nitrogens with zero attached hydrogens (tertiary/aromatic N) is 2. The van der Waals surface area contributed by atoms with Crippen molar-refractivity contribution >= 4 is 17.6 Å². The minimum atomic E-state index is 0.0264. The largest absolute Gasteiger partial charge is 0.379 e. The first-order valence-corrected chi connectivity index (χ1v) is 11.2. The number of nitrogens with two attached hydrogens (primary N) is 1. The predicted octanol–water partition coefficient (Wildman–Crippen LogP) is 2.97. The van der Waals surface area contributed by atoms with E-state index in [0.29, 0.717) is 25.0 Å². The molecule has 1 aromatic rings. The van der Waals surface area contributed by atoms with Gasteiger partial charge < -0.3 is 21.1 Å². The molecule has 0 aliphatic carbocycles. The van der Waals surface area contributed by atoms with Crippen LogP contribution in [0.4, 0.5) is 5.69 Å². The van der Waals surface area contributed by atoms with Crippen LogP contribution in [0.25, 0.3) is 0 Å². The molecule has 7 nitrogen and oxygen atoms in total. The van der Waals surface area contributed by atoms with Crippen molar-refractivity contribution in [3.8, 4) is 0 Å². The molecule has 1 heterocycles. The minimum absolute atomic E-state index is 0.0264. The van der Waals surface area contributed by atoms with E-state index in [2.05, 4.69) is 41.3 Å². The van der Waals surface area contributed by atoms with E-state index in [1.54, 1.807) is 0 Å². The van der Waals surface area contributed by atoms with Gasteiger partial charge in [0.1, 0.15) is 0 Å². The molecular weight excluding hydrogens is 378 g/mol. The third-order valence-corrected chi connectivity index (χ3v) is 5.21. The van der Waals surface area contributed by atoms with E-state index in [4.69, 9.17) is 10.5 Å². The number of hydrogen-bond acceptors (Lipinski definition) is 4. The van der Waals surface area contributed by atoms with Crippen LogP contribution in [0.15, 0.2) is 29.3 Å². The van der Waals surface area contributed by atoms with Gasteiger partial charge in [-0.1, -0.05) is 38.8 Å². The number of hydrogen-bond donors (Lipinski definition) is 3. The Hall–Kier alpha value is -2.12. The highest BCUT2D eigenvalue weighted by Gasteiger charge is 2.12. The molecular formula is C23H39N5O2. The van der Waals surface area contributed by atoms with E-state index < -0.39 is 0 Å². The van der Waals surface area contributed by atoms with Gasteiger partial charge in [-0.2, -0.15) is 0 Å². The molecule has 7 heteroatoms. The van der Waals surface area contributed by atoms with Gasteiger partial charge in [-0.05, 0) is 37.0 Å². The number of benzene rings is 1. The molecule has 0 radical (unpaired) electrons. The zero-order chi connectivity index (χ0) is 21.8. The molecule has 1 fully saturated rings. The smallest absolute Gasteiger partial charge is 0.225 e. The molecule has 1 aliphatic heterocycles. The Morgan fingerprint density at radius 1 is 1.23 bits per heavy atom. The van der Waals surface area contributed by atoms with E-state index in [1.807, 2.05) is 24.3 Å². The van der Waals surface area contributed by atoms with E-state index in [1.165, 1.54) is 12.8 Å². The Labute approximate surface area is 181 Å². The number of anilines is 1. The number of carbonyl (C=O) groups is 1. The van der Waals surface area contributed by atoms with Crippen molar-refractivity contribution in [1.29, 1.82) is 0 Å². The number of ether oxygens (including phenoxy) is 1. The van der Waals surface area contributed by atoms with Crippen LogP contribution in [0.1, 0.15) is 52.0 Å². The monoisotopic (exact) mass is 417 g/mol. The van der Waals surface area contributed by atoms with Crippen molar-refractivity contribution in [3.05, 3.63) is 29.8 Å². The van der Waals surface area contributed by atoms with Crippen LogP contribution in [0.2, 0.25) is 0 Å². The zero-order valence-electron chi connectivity index (χ0n) is 18.8. The molecule has 0 bridgehead atoms. The first kappa shape index (κ1) is 24.2. The number of amides is 1. The Morgan fingerprint density at radius 3 is 2.73 bits per heavy atom. The number of aliphatic imine (C=N–C) groups is 1. The van der Waals surface area contributed by atoms with Crippen molar-refractivity contribution in [1.82, 2.24) is 10.2 Å². The molecule has 0 spiro atoms. The molecule has 0 saturated carbocycles. The second-order valence-electron chi connectivity index (χ2n) is 8.52. The number of carbonyl (C=O) groups excluding carboxylic acids is 1. The van der Waals surface area contributed by atoms with Gasteiger partial charge in [-0.3, -0.25) is 9.69 Å². The summed E-state index contributed by atoms with van der Waals surface area (Å²) in [5.41, 5.74) is 7.85. The Morgan fingerprint density at radius 2 is 2.00 bits per heavy atom. The second-order valence-corrected chi connectivity index (χ2v) is 8.52. The fourth-order valence-corrected chi connectivity index (χ4v) is 3.43. The lowest BCUT2D eigenvalue weighted by Gasteiger charge is -2.26. The lowest BCUT2D eigenvalue weighted by Crippen LogP contribution is -2.38. The average Bonchev–Trinajstić information content (AvgIpc) is 2.71. The van der Waals surface area contributed by atoms with E-state index >= 15 is 0 Å². The SMILES string of the molecule is CC(C)CCCC(C)NC(N)=NCc1cccc(NC(=O)CCN2CCOCC2)c1.